The number of hydrogen-bond donors (Lipinski definition) is 0. The molecule has 1 aromatic carbocycles. The molecule has 7 nitrogen and oxygen atoms in total. The third-order valence-corrected chi connectivity index (χ3v) is 4.22. The summed E-state index contributed by atoms with van der Waals surface area (Å²) in [6.07, 6.45) is -0.0454. The predicted molar refractivity (Wildman–Crippen MR) is 88.4 cm³/mol. The molecule has 0 radical (unpaired) electrons. The van der Waals surface area contributed by atoms with Gasteiger partial charge in [0.1, 0.15) is 5.69 Å². The van der Waals surface area contributed by atoms with Crippen molar-refractivity contribution in [2.45, 2.75) is 11.6 Å². The number of halogens is 4. The molecule has 3 aromatic rings. The average molecular weight is 400 g/mol. The molecule has 0 aliphatic carbocycles. The quantitative estimate of drug-likeness (QED) is 0.218. The van der Waals surface area contributed by atoms with Crippen molar-refractivity contribution in [3.05, 3.63) is 62.2 Å². The van der Waals surface area contributed by atoms with E-state index in [2.05, 4.69) is 9.97 Å². The minimum Gasteiger partial charge on any atom is -0.277 e. The number of pyridine rings is 1. The minimum absolute atomic E-state index is 0.120. The summed E-state index contributed by atoms with van der Waals surface area (Å²) in [4.78, 5) is 30.0. The van der Waals surface area contributed by atoms with Gasteiger partial charge in [-0.05, 0) is 12.3 Å². The van der Waals surface area contributed by atoms with Gasteiger partial charge in [0.25, 0.3) is 12.0 Å². The van der Waals surface area contributed by atoms with E-state index in [0.29, 0.717) is 18.3 Å². The summed E-state index contributed by atoms with van der Waals surface area (Å²) in [5.74, 6) is -3.00. The van der Waals surface area contributed by atoms with E-state index in [1.807, 2.05) is 0 Å². The topological polar surface area (TPSA) is 90.9 Å². The van der Waals surface area contributed by atoms with Crippen LogP contribution in [0.25, 0.3) is 16.6 Å². The highest BCUT2D eigenvalue weighted by Gasteiger charge is 2.26. The maximum Gasteiger partial charge on any atom is 0.307 e. The Morgan fingerprint density at radius 3 is 2.59 bits per heavy atom. The van der Waals surface area contributed by atoms with E-state index >= 15 is 0 Å². The summed E-state index contributed by atoms with van der Waals surface area (Å²) in [5.41, 5.74) is -4.47. The summed E-state index contributed by atoms with van der Waals surface area (Å²) >= 11 is 1.05. The van der Waals surface area contributed by atoms with Crippen LogP contribution in [0.2, 0.25) is 0 Å². The second kappa shape index (κ2) is 6.95. The Hall–Kier alpha value is -3.02. The molecule has 0 aliphatic rings. The lowest BCUT2D eigenvalue weighted by Gasteiger charge is -2.13. The zero-order chi connectivity index (χ0) is 19.9. The Labute approximate surface area is 151 Å². The van der Waals surface area contributed by atoms with Gasteiger partial charge in [-0.3, -0.25) is 19.5 Å². The van der Waals surface area contributed by atoms with Gasteiger partial charge in [0.2, 0.25) is 5.82 Å². The van der Waals surface area contributed by atoms with Crippen LogP contribution in [0.15, 0.2) is 34.5 Å². The molecule has 140 valence electrons. The summed E-state index contributed by atoms with van der Waals surface area (Å²) in [7, 11) is 0. The fraction of sp³-hybridized carbons (Fsp3) is 0.133. The Morgan fingerprint density at radius 1 is 1.30 bits per heavy atom. The van der Waals surface area contributed by atoms with Crippen LogP contribution < -0.4 is 5.56 Å². The van der Waals surface area contributed by atoms with Gasteiger partial charge in [-0.2, -0.15) is 4.39 Å². The minimum atomic E-state index is -3.13. The first-order valence-electron chi connectivity index (χ1n) is 7.13. The molecule has 0 amide bonds. The molecule has 0 unspecified atom stereocenters. The van der Waals surface area contributed by atoms with Crippen LogP contribution in [0, 0.1) is 21.7 Å². The summed E-state index contributed by atoms with van der Waals surface area (Å²) in [6, 6.07) is 1.14. The number of aromatic nitrogens is 3. The monoisotopic (exact) mass is 400 g/mol. The normalized spacial score (nSPS) is 11.3. The van der Waals surface area contributed by atoms with Gasteiger partial charge in [-0.1, -0.05) is 11.8 Å². The first-order chi connectivity index (χ1) is 12.8. The van der Waals surface area contributed by atoms with Crippen LogP contribution in [0.1, 0.15) is 12.0 Å². The van der Waals surface area contributed by atoms with Crippen LogP contribution in [0.4, 0.5) is 23.2 Å². The van der Waals surface area contributed by atoms with Crippen molar-refractivity contribution in [2.24, 2.45) is 0 Å². The van der Waals surface area contributed by atoms with E-state index in [-0.39, 0.29) is 15.2 Å². The van der Waals surface area contributed by atoms with E-state index < -0.39 is 50.9 Å². The van der Waals surface area contributed by atoms with Crippen molar-refractivity contribution in [1.82, 2.24) is 14.5 Å². The van der Waals surface area contributed by atoms with E-state index in [4.69, 9.17) is 0 Å². The Kier molecular flexibility index (Phi) is 4.83. The molecule has 0 N–H and O–H groups in total. The molecule has 0 fully saturated rings. The van der Waals surface area contributed by atoms with Crippen molar-refractivity contribution in [2.75, 3.05) is 6.26 Å². The number of rotatable bonds is 4. The molecule has 0 saturated heterocycles. The van der Waals surface area contributed by atoms with Crippen LogP contribution in [-0.2, 0) is 0 Å². The first kappa shape index (κ1) is 18.8. The van der Waals surface area contributed by atoms with Crippen LogP contribution >= 0.6 is 11.8 Å². The van der Waals surface area contributed by atoms with E-state index in [9.17, 15) is 32.5 Å². The van der Waals surface area contributed by atoms with Crippen molar-refractivity contribution < 1.29 is 22.5 Å². The largest absolute Gasteiger partial charge is 0.307 e. The SMILES string of the molecule is CSc1ncc2c(=O)n(-c3c(F)ccc([N+](=O)[O-])c3F)cc(C(F)F)c2n1. The Bertz CT molecular complexity index is 1140. The lowest BCUT2D eigenvalue weighted by molar-refractivity contribution is -0.387. The number of fused-ring (bicyclic) bond motifs is 1. The van der Waals surface area contributed by atoms with Gasteiger partial charge < -0.3 is 0 Å². The van der Waals surface area contributed by atoms with Gasteiger partial charge >= 0.3 is 5.69 Å². The summed E-state index contributed by atoms with van der Waals surface area (Å²) in [6.45, 7) is 0. The molecule has 3 rings (SSSR count). The fourth-order valence-electron chi connectivity index (χ4n) is 2.45. The number of nitrogens with zero attached hydrogens (tertiary/aromatic N) is 4. The second-order valence-corrected chi connectivity index (χ2v) is 5.94. The third kappa shape index (κ3) is 3.12. The molecular weight excluding hydrogens is 392 g/mol. The molecular formula is C15H8F4N4O3S. The standard InChI is InChI=1S/C15H8F4N4O3S/c1-27-15-20-4-6-11(21-15)7(13(18)19)5-22(14(6)24)12-8(16)2-3-9(10(12)17)23(25)26/h2-5,13H,1H3. The molecule has 12 heteroatoms. The summed E-state index contributed by atoms with van der Waals surface area (Å²) < 4.78 is 55.9. The maximum absolute atomic E-state index is 14.4. The number of thioether (sulfide) groups is 1. The molecule has 0 bridgehead atoms. The van der Waals surface area contributed by atoms with Gasteiger partial charge in [-0.25, -0.2) is 23.1 Å². The highest BCUT2D eigenvalue weighted by Crippen LogP contribution is 2.29. The number of alkyl halides is 2. The molecule has 0 atom stereocenters. The van der Waals surface area contributed by atoms with E-state index in [1.54, 1.807) is 6.26 Å². The fourth-order valence-corrected chi connectivity index (χ4v) is 2.79. The van der Waals surface area contributed by atoms with Crippen LogP contribution in [-0.4, -0.2) is 25.7 Å². The van der Waals surface area contributed by atoms with Crippen molar-refractivity contribution in [1.29, 1.82) is 0 Å². The zero-order valence-electron chi connectivity index (χ0n) is 13.3. The predicted octanol–water partition coefficient (Wildman–Crippen LogP) is 3.63. The molecule has 0 spiro atoms. The molecule has 27 heavy (non-hydrogen) atoms. The maximum atomic E-state index is 14.4. The number of benzene rings is 1. The highest BCUT2D eigenvalue weighted by atomic mass is 32.2. The lowest BCUT2D eigenvalue weighted by atomic mass is 10.1. The van der Waals surface area contributed by atoms with Gasteiger partial charge in [-0.15, -0.1) is 0 Å². The first-order valence-corrected chi connectivity index (χ1v) is 8.36. The van der Waals surface area contributed by atoms with E-state index in [1.165, 1.54) is 0 Å². The van der Waals surface area contributed by atoms with Crippen molar-refractivity contribution >= 4 is 28.4 Å². The molecule has 0 saturated carbocycles. The number of nitro groups is 1. The van der Waals surface area contributed by atoms with Gasteiger partial charge in [0, 0.05) is 18.5 Å². The summed E-state index contributed by atoms with van der Waals surface area (Å²) in [5, 5.41) is 10.6. The lowest BCUT2D eigenvalue weighted by Crippen LogP contribution is -2.22. The van der Waals surface area contributed by atoms with E-state index in [0.717, 1.165) is 18.0 Å². The van der Waals surface area contributed by atoms with Gasteiger partial charge in [0.15, 0.2) is 11.0 Å². The molecule has 0 aliphatic heterocycles. The number of nitro benzene ring substituents is 1. The van der Waals surface area contributed by atoms with Crippen molar-refractivity contribution in [3.8, 4) is 5.69 Å². The highest BCUT2D eigenvalue weighted by molar-refractivity contribution is 7.98. The van der Waals surface area contributed by atoms with Crippen molar-refractivity contribution in [3.63, 3.8) is 0 Å². The third-order valence-electron chi connectivity index (χ3n) is 3.66. The van der Waals surface area contributed by atoms with Gasteiger partial charge in [0.05, 0.1) is 21.4 Å². The molecule has 2 aromatic heterocycles. The number of hydrogen-bond acceptors (Lipinski definition) is 6. The Morgan fingerprint density at radius 2 is 2.00 bits per heavy atom. The average Bonchev–Trinajstić information content (AvgIpc) is 2.62. The second-order valence-electron chi connectivity index (χ2n) is 5.17. The van der Waals surface area contributed by atoms with Crippen LogP contribution in [0.5, 0.6) is 0 Å². The molecule has 2 heterocycles. The Balaban J connectivity index is 2.44. The zero-order valence-corrected chi connectivity index (χ0v) is 14.1. The smallest absolute Gasteiger partial charge is 0.277 e. The van der Waals surface area contributed by atoms with Crippen LogP contribution in [0.3, 0.4) is 0 Å².